The maximum Gasteiger partial charge on any atom is 0.191 e. The molecule has 0 spiro atoms. The van der Waals surface area contributed by atoms with E-state index in [1.54, 1.807) is 14.2 Å². The monoisotopic (exact) mass is 436 g/mol. The molecule has 0 aliphatic carbocycles. The Kier molecular flexibility index (Phi) is 10.9. The van der Waals surface area contributed by atoms with Crippen LogP contribution in [0.5, 0.6) is 11.5 Å². The number of likely N-dealkylation sites (N-methyl/N-ethyl adjacent to an activating group) is 1. The number of hydrogen-bond donors (Lipinski definition) is 3. The van der Waals surface area contributed by atoms with E-state index in [-0.39, 0.29) is 12.0 Å². The number of nitrogens with one attached hydrogen (secondary N) is 2. The molecule has 1 saturated heterocycles. The van der Waals surface area contributed by atoms with Gasteiger partial charge in [-0.2, -0.15) is 0 Å². The second-order valence-corrected chi connectivity index (χ2v) is 7.92. The maximum atomic E-state index is 9.39. The van der Waals surface area contributed by atoms with Crippen LogP contribution in [0.25, 0.3) is 0 Å². The average molecular weight is 437 g/mol. The highest BCUT2D eigenvalue weighted by Gasteiger charge is 2.34. The summed E-state index contributed by atoms with van der Waals surface area (Å²) in [7, 11) is 3.42. The number of rotatable bonds is 13. The number of ether oxygens (including phenoxy) is 3. The Labute approximate surface area is 187 Å². The van der Waals surface area contributed by atoms with Crippen molar-refractivity contribution in [1.82, 2.24) is 15.5 Å². The van der Waals surface area contributed by atoms with Crippen molar-refractivity contribution in [3.8, 4) is 11.5 Å². The predicted octanol–water partition coefficient (Wildman–Crippen LogP) is 1.87. The summed E-state index contributed by atoms with van der Waals surface area (Å²) in [6, 6.07) is 5.99. The summed E-state index contributed by atoms with van der Waals surface area (Å²) in [6.45, 7) is 10.8. The number of aliphatic imine (C=N–C) groups is 1. The van der Waals surface area contributed by atoms with Gasteiger partial charge in [-0.25, -0.2) is 0 Å². The van der Waals surface area contributed by atoms with Gasteiger partial charge in [-0.3, -0.25) is 4.99 Å². The minimum Gasteiger partial charge on any atom is -0.493 e. The van der Waals surface area contributed by atoms with Crippen LogP contribution in [-0.2, 0) is 11.3 Å². The van der Waals surface area contributed by atoms with Gasteiger partial charge in [0, 0.05) is 45.3 Å². The fourth-order valence-electron chi connectivity index (χ4n) is 3.76. The highest BCUT2D eigenvalue weighted by molar-refractivity contribution is 5.79. The molecule has 0 aromatic heterocycles. The molecule has 0 bridgehead atoms. The molecular weight excluding hydrogens is 396 g/mol. The van der Waals surface area contributed by atoms with Crippen molar-refractivity contribution < 1.29 is 19.3 Å². The minimum absolute atomic E-state index is 0.0281. The van der Waals surface area contributed by atoms with Crippen molar-refractivity contribution >= 4 is 5.96 Å². The first-order valence-electron chi connectivity index (χ1n) is 11.2. The van der Waals surface area contributed by atoms with Gasteiger partial charge >= 0.3 is 0 Å². The van der Waals surface area contributed by atoms with Crippen molar-refractivity contribution in [1.29, 1.82) is 0 Å². The van der Waals surface area contributed by atoms with Crippen LogP contribution in [-0.4, -0.2) is 82.7 Å². The highest BCUT2D eigenvalue weighted by Crippen LogP contribution is 2.31. The molecule has 1 heterocycles. The Bertz CT molecular complexity index is 674. The van der Waals surface area contributed by atoms with Gasteiger partial charge in [-0.1, -0.05) is 19.9 Å². The molecule has 1 aromatic carbocycles. The summed E-state index contributed by atoms with van der Waals surface area (Å²) < 4.78 is 17.0. The molecule has 0 radical (unpaired) electrons. The topological polar surface area (TPSA) is 87.6 Å². The Morgan fingerprint density at radius 2 is 2.06 bits per heavy atom. The van der Waals surface area contributed by atoms with Gasteiger partial charge in [0.25, 0.3) is 0 Å². The average Bonchev–Trinajstić information content (AvgIpc) is 3.26. The molecule has 31 heavy (non-hydrogen) atoms. The van der Waals surface area contributed by atoms with Gasteiger partial charge in [0.15, 0.2) is 17.5 Å². The molecule has 8 nitrogen and oxygen atoms in total. The zero-order valence-electron chi connectivity index (χ0n) is 19.6. The number of aliphatic hydroxyl groups excluding tert-OH is 1. The fraction of sp³-hybridized carbons (Fsp3) is 0.696. The summed E-state index contributed by atoms with van der Waals surface area (Å²) >= 11 is 0. The number of methoxy groups -OCH3 is 1. The van der Waals surface area contributed by atoms with E-state index in [4.69, 9.17) is 14.2 Å². The predicted molar refractivity (Wildman–Crippen MR) is 124 cm³/mol. The van der Waals surface area contributed by atoms with Gasteiger partial charge in [-0.05, 0) is 43.6 Å². The zero-order chi connectivity index (χ0) is 22.5. The first-order valence-corrected chi connectivity index (χ1v) is 11.2. The second kappa shape index (κ2) is 13.4. The van der Waals surface area contributed by atoms with E-state index < -0.39 is 0 Å². The number of benzene rings is 1. The van der Waals surface area contributed by atoms with Crippen molar-refractivity contribution in [2.75, 3.05) is 66.8 Å². The van der Waals surface area contributed by atoms with E-state index in [2.05, 4.69) is 34.4 Å². The molecule has 2 rings (SSSR count). The fourth-order valence-corrected chi connectivity index (χ4v) is 3.76. The van der Waals surface area contributed by atoms with Gasteiger partial charge in [0.1, 0.15) is 6.61 Å². The molecule has 1 unspecified atom stereocenters. The third-order valence-electron chi connectivity index (χ3n) is 5.93. The Morgan fingerprint density at radius 3 is 2.68 bits per heavy atom. The zero-order valence-corrected chi connectivity index (χ0v) is 19.6. The summed E-state index contributed by atoms with van der Waals surface area (Å²) in [5, 5.41) is 16.1. The quantitative estimate of drug-likeness (QED) is 0.321. The summed E-state index contributed by atoms with van der Waals surface area (Å²) in [5.74, 6) is 2.21. The third-order valence-corrected chi connectivity index (χ3v) is 5.93. The summed E-state index contributed by atoms with van der Waals surface area (Å²) in [4.78, 5) is 6.64. The first-order chi connectivity index (χ1) is 15.1. The lowest BCUT2D eigenvalue weighted by atomic mass is 9.84. The van der Waals surface area contributed by atoms with Crippen molar-refractivity contribution in [2.24, 2.45) is 10.4 Å². The largest absolute Gasteiger partial charge is 0.493 e. The van der Waals surface area contributed by atoms with E-state index in [1.165, 1.54) is 0 Å². The van der Waals surface area contributed by atoms with Crippen LogP contribution < -0.4 is 20.1 Å². The molecule has 8 heteroatoms. The molecule has 0 amide bonds. The number of nitrogens with zero attached hydrogens (tertiary/aromatic N) is 2. The highest BCUT2D eigenvalue weighted by atomic mass is 16.5. The lowest BCUT2D eigenvalue weighted by Gasteiger charge is -2.27. The maximum absolute atomic E-state index is 9.39. The Hall–Kier alpha value is -2.03. The van der Waals surface area contributed by atoms with Crippen LogP contribution >= 0.6 is 0 Å². The van der Waals surface area contributed by atoms with Gasteiger partial charge in [0.2, 0.25) is 0 Å². The molecular formula is C23H40N4O4. The van der Waals surface area contributed by atoms with E-state index >= 15 is 0 Å². The summed E-state index contributed by atoms with van der Waals surface area (Å²) in [6.07, 6.45) is 1.68. The van der Waals surface area contributed by atoms with E-state index in [0.717, 1.165) is 68.6 Å². The van der Waals surface area contributed by atoms with Crippen LogP contribution in [0.2, 0.25) is 0 Å². The molecule has 1 fully saturated rings. The molecule has 1 atom stereocenters. The van der Waals surface area contributed by atoms with Crippen LogP contribution in [0.4, 0.5) is 0 Å². The molecule has 0 saturated carbocycles. The van der Waals surface area contributed by atoms with Crippen molar-refractivity contribution in [2.45, 2.75) is 33.2 Å². The van der Waals surface area contributed by atoms with Crippen LogP contribution in [0, 0.1) is 5.41 Å². The van der Waals surface area contributed by atoms with Gasteiger partial charge in [-0.15, -0.1) is 0 Å². The van der Waals surface area contributed by atoms with E-state index in [9.17, 15) is 5.11 Å². The van der Waals surface area contributed by atoms with Crippen molar-refractivity contribution in [3.05, 3.63) is 23.8 Å². The normalized spacial score (nSPS) is 19.0. The van der Waals surface area contributed by atoms with Gasteiger partial charge in [0.05, 0.1) is 13.7 Å². The summed E-state index contributed by atoms with van der Waals surface area (Å²) in [5.41, 5.74) is 1.05. The molecule has 176 valence electrons. The first kappa shape index (κ1) is 25.2. The van der Waals surface area contributed by atoms with Crippen LogP contribution in [0.15, 0.2) is 23.2 Å². The molecule has 1 aliphatic rings. The van der Waals surface area contributed by atoms with Crippen LogP contribution in [0.1, 0.15) is 32.3 Å². The second-order valence-electron chi connectivity index (χ2n) is 7.92. The SMILES string of the molecule is CCN(CC)CCOc1ccc(CNC(=NC)NCC2(CCO)CCOC2)cc1OC. The lowest BCUT2D eigenvalue weighted by Crippen LogP contribution is -2.44. The van der Waals surface area contributed by atoms with E-state index in [0.29, 0.717) is 19.8 Å². The molecule has 3 N–H and O–H groups in total. The lowest BCUT2D eigenvalue weighted by molar-refractivity contribution is 0.127. The molecule has 1 aliphatic heterocycles. The third kappa shape index (κ3) is 7.87. The number of guanidine groups is 1. The Morgan fingerprint density at radius 1 is 1.26 bits per heavy atom. The van der Waals surface area contributed by atoms with Gasteiger partial charge < -0.3 is 34.9 Å². The Balaban J connectivity index is 1.87. The number of hydrogen-bond acceptors (Lipinski definition) is 6. The smallest absolute Gasteiger partial charge is 0.191 e. The van der Waals surface area contributed by atoms with E-state index in [1.807, 2.05) is 18.2 Å². The minimum atomic E-state index is -0.0281. The standard InChI is InChI=1S/C23H40N4O4/c1-5-27(6-2)11-14-31-20-8-7-19(15-21(20)29-4)16-25-22(24-3)26-17-23(9-12-28)10-13-30-18-23/h7-8,15,28H,5-6,9-14,16-18H2,1-4H3,(H2,24,25,26). The molecule has 1 aromatic rings. The van der Waals surface area contributed by atoms with Crippen LogP contribution in [0.3, 0.4) is 0 Å². The number of aliphatic hydroxyl groups is 1. The van der Waals surface area contributed by atoms with Crippen molar-refractivity contribution in [3.63, 3.8) is 0 Å².